The normalized spacial score (nSPS) is 21.5. The first-order valence-corrected chi connectivity index (χ1v) is 9.13. The molecule has 7 heteroatoms. The second-order valence-corrected chi connectivity index (χ2v) is 8.36. The van der Waals surface area contributed by atoms with Gasteiger partial charge < -0.3 is 5.73 Å². The third-order valence-electron chi connectivity index (χ3n) is 3.40. The second kappa shape index (κ2) is 5.71. The molecule has 0 aliphatic carbocycles. The van der Waals surface area contributed by atoms with Crippen molar-refractivity contribution in [3.8, 4) is 0 Å². The summed E-state index contributed by atoms with van der Waals surface area (Å²) in [7, 11) is -3.46. The number of hydrogen-bond acceptors (Lipinski definition) is 3. The molecule has 2 rings (SSSR count). The summed E-state index contributed by atoms with van der Waals surface area (Å²) < 4.78 is 28.1. The minimum atomic E-state index is -3.46. The van der Waals surface area contributed by atoms with E-state index in [2.05, 4.69) is 31.9 Å². The standard InChI is InChI=1S/C12H16Br2N2O2S/c1-8-4-2-3-5-16(8)19(17,18)9-6-10(13)12(15)11(14)7-9/h6-8H,2-5,15H2,1H3. The van der Waals surface area contributed by atoms with Crippen LogP contribution < -0.4 is 5.73 Å². The Hall–Kier alpha value is -0.110. The van der Waals surface area contributed by atoms with E-state index in [4.69, 9.17) is 5.73 Å². The highest BCUT2D eigenvalue weighted by atomic mass is 79.9. The van der Waals surface area contributed by atoms with E-state index in [9.17, 15) is 8.42 Å². The first-order valence-electron chi connectivity index (χ1n) is 6.10. The van der Waals surface area contributed by atoms with Gasteiger partial charge in [-0.2, -0.15) is 4.31 Å². The van der Waals surface area contributed by atoms with Crippen LogP contribution in [0.25, 0.3) is 0 Å². The molecule has 0 amide bonds. The molecule has 1 aromatic rings. The topological polar surface area (TPSA) is 63.4 Å². The van der Waals surface area contributed by atoms with Gasteiger partial charge >= 0.3 is 0 Å². The third kappa shape index (κ3) is 2.99. The van der Waals surface area contributed by atoms with Crippen LogP contribution in [0.3, 0.4) is 0 Å². The van der Waals surface area contributed by atoms with Gasteiger partial charge in [-0.05, 0) is 63.8 Å². The lowest BCUT2D eigenvalue weighted by atomic mass is 10.1. The molecule has 0 aromatic heterocycles. The molecule has 4 nitrogen and oxygen atoms in total. The Labute approximate surface area is 130 Å². The molecule has 19 heavy (non-hydrogen) atoms. The summed E-state index contributed by atoms with van der Waals surface area (Å²) in [6.07, 6.45) is 2.92. The van der Waals surface area contributed by atoms with Gasteiger partial charge in [0, 0.05) is 21.5 Å². The van der Waals surface area contributed by atoms with E-state index in [-0.39, 0.29) is 10.9 Å². The van der Waals surface area contributed by atoms with E-state index in [1.807, 2.05) is 6.92 Å². The maximum Gasteiger partial charge on any atom is 0.243 e. The molecule has 1 saturated heterocycles. The van der Waals surface area contributed by atoms with Gasteiger partial charge in [0.15, 0.2) is 0 Å². The van der Waals surface area contributed by atoms with Crippen molar-refractivity contribution in [2.75, 3.05) is 12.3 Å². The van der Waals surface area contributed by atoms with Crippen molar-refractivity contribution in [2.24, 2.45) is 0 Å². The predicted octanol–water partition coefficient (Wildman–Crippen LogP) is 3.36. The van der Waals surface area contributed by atoms with Crippen molar-refractivity contribution >= 4 is 47.6 Å². The van der Waals surface area contributed by atoms with Crippen LogP contribution in [0.4, 0.5) is 5.69 Å². The van der Waals surface area contributed by atoms with E-state index in [1.165, 1.54) is 0 Å². The number of nitrogens with zero attached hydrogens (tertiary/aromatic N) is 1. The number of benzene rings is 1. The molecule has 1 aliphatic rings. The van der Waals surface area contributed by atoms with Gasteiger partial charge in [-0.15, -0.1) is 0 Å². The third-order valence-corrected chi connectivity index (χ3v) is 6.70. The molecule has 1 unspecified atom stereocenters. The number of sulfonamides is 1. The first kappa shape index (κ1) is 15.3. The molecule has 1 aliphatic heterocycles. The van der Waals surface area contributed by atoms with Crippen LogP contribution in [-0.2, 0) is 10.0 Å². The Morgan fingerprint density at radius 3 is 2.37 bits per heavy atom. The molecule has 0 spiro atoms. The Kier molecular flexibility index (Phi) is 4.59. The highest BCUT2D eigenvalue weighted by Crippen LogP contribution is 2.33. The lowest BCUT2D eigenvalue weighted by Crippen LogP contribution is -2.41. The summed E-state index contributed by atoms with van der Waals surface area (Å²) in [4.78, 5) is 0.272. The van der Waals surface area contributed by atoms with E-state index in [0.29, 0.717) is 21.2 Å². The zero-order chi connectivity index (χ0) is 14.2. The molecule has 1 atom stereocenters. The van der Waals surface area contributed by atoms with Crippen molar-refractivity contribution in [1.82, 2.24) is 4.31 Å². The average Bonchev–Trinajstić information content (AvgIpc) is 2.35. The summed E-state index contributed by atoms with van der Waals surface area (Å²) in [5, 5.41) is 0. The summed E-state index contributed by atoms with van der Waals surface area (Å²) >= 11 is 6.58. The maximum atomic E-state index is 12.7. The average molecular weight is 412 g/mol. The van der Waals surface area contributed by atoms with Gasteiger partial charge in [-0.1, -0.05) is 6.42 Å². The fourth-order valence-electron chi connectivity index (χ4n) is 2.27. The van der Waals surface area contributed by atoms with Crippen LogP contribution in [0.15, 0.2) is 26.0 Å². The SMILES string of the molecule is CC1CCCCN1S(=O)(=O)c1cc(Br)c(N)c(Br)c1. The molecular weight excluding hydrogens is 396 g/mol. The monoisotopic (exact) mass is 410 g/mol. The number of hydrogen-bond donors (Lipinski definition) is 1. The van der Waals surface area contributed by atoms with Crippen molar-refractivity contribution < 1.29 is 8.42 Å². The van der Waals surface area contributed by atoms with E-state index in [1.54, 1.807) is 16.4 Å². The van der Waals surface area contributed by atoms with Gasteiger partial charge in [0.05, 0.1) is 10.6 Å². The molecule has 106 valence electrons. The predicted molar refractivity (Wildman–Crippen MR) is 83.5 cm³/mol. The van der Waals surface area contributed by atoms with Crippen LogP contribution in [-0.4, -0.2) is 25.3 Å². The minimum absolute atomic E-state index is 0.0499. The minimum Gasteiger partial charge on any atom is -0.397 e. The highest BCUT2D eigenvalue weighted by molar-refractivity contribution is 9.11. The van der Waals surface area contributed by atoms with Crippen molar-refractivity contribution in [2.45, 2.75) is 37.1 Å². The lowest BCUT2D eigenvalue weighted by Gasteiger charge is -2.32. The molecule has 1 fully saturated rings. The fourth-order valence-corrected chi connectivity index (χ4v) is 5.52. The van der Waals surface area contributed by atoms with Crippen LogP contribution >= 0.6 is 31.9 Å². The molecule has 1 heterocycles. The number of anilines is 1. The van der Waals surface area contributed by atoms with Gasteiger partial charge in [-0.25, -0.2) is 8.42 Å². The molecule has 1 aromatic carbocycles. The van der Waals surface area contributed by atoms with Crippen LogP contribution in [0, 0.1) is 0 Å². The van der Waals surface area contributed by atoms with Crippen LogP contribution in [0.1, 0.15) is 26.2 Å². The largest absolute Gasteiger partial charge is 0.397 e. The molecule has 0 bridgehead atoms. The number of rotatable bonds is 2. The molecule has 0 saturated carbocycles. The first-order chi connectivity index (χ1) is 8.84. The Morgan fingerprint density at radius 2 is 1.84 bits per heavy atom. The van der Waals surface area contributed by atoms with Crippen molar-refractivity contribution in [3.05, 3.63) is 21.1 Å². The molecule has 0 radical (unpaired) electrons. The lowest BCUT2D eigenvalue weighted by molar-refractivity contribution is 0.268. The Morgan fingerprint density at radius 1 is 1.26 bits per heavy atom. The van der Waals surface area contributed by atoms with E-state index in [0.717, 1.165) is 19.3 Å². The van der Waals surface area contributed by atoms with Crippen molar-refractivity contribution in [3.63, 3.8) is 0 Å². The van der Waals surface area contributed by atoms with Crippen molar-refractivity contribution in [1.29, 1.82) is 0 Å². The number of halogens is 2. The zero-order valence-corrected chi connectivity index (χ0v) is 14.6. The Bertz CT molecular complexity index is 566. The zero-order valence-electron chi connectivity index (χ0n) is 10.6. The summed E-state index contributed by atoms with van der Waals surface area (Å²) in [6.45, 7) is 2.54. The van der Waals surface area contributed by atoms with Crippen LogP contribution in [0.2, 0.25) is 0 Å². The van der Waals surface area contributed by atoms with Gasteiger partial charge in [0.25, 0.3) is 0 Å². The maximum absolute atomic E-state index is 12.7. The molecular formula is C12H16Br2N2O2S. The Balaban J connectivity index is 2.44. The smallest absolute Gasteiger partial charge is 0.243 e. The van der Waals surface area contributed by atoms with Gasteiger partial charge in [-0.3, -0.25) is 0 Å². The van der Waals surface area contributed by atoms with Gasteiger partial charge in [0.2, 0.25) is 10.0 Å². The summed E-state index contributed by atoms with van der Waals surface area (Å²) in [5.74, 6) is 0. The summed E-state index contributed by atoms with van der Waals surface area (Å²) in [6, 6.07) is 3.18. The quantitative estimate of drug-likeness (QED) is 0.758. The number of piperidine rings is 1. The van der Waals surface area contributed by atoms with E-state index >= 15 is 0 Å². The second-order valence-electron chi connectivity index (χ2n) is 4.76. The van der Waals surface area contributed by atoms with Gasteiger partial charge in [0.1, 0.15) is 0 Å². The number of nitrogens with two attached hydrogens (primary N) is 1. The van der Waals surface area contributed by atoms with E-state index < -0.39 is 10.0 Å². The fraction of sp³-hybridized carbons (Fsp3) is 0.500. The molecule has 2 N–H and O–H groups in total. The number of nitrogen functional groups attached to an aromatic ring is 1. The summed E-state index contributed by atoms with van der Waals surface area (Å²) in [5.41, 5.74) is 6.30. The highest BCUT2D eigenvalue weighted by Gasteiger charge is 2.31. The van der Waals surface area contributed by atoms with Crippen LogP contribution in [0.5, 0.6) is 0 Å².